The van der Waals surface area contributed by atoms with Crippen LogP contribution in [-0.2, 0) is 4.74 Å². The van der Waals surface area contributed by atoms with Crippen molar-refractivity contribution in [2.24, 2.45) is 5.73 Å². The van der Waals surface area contributed by atoms with Crippen LogP contribution in [0.4, 0.5) is 5.69 Å². The van der Waals surface area contributed by atoms with Crippen LogP contribution in [0.3, 0.4) is 0 Å². The molecule has 3 aliphatic rings. The molecule has 0 saturated carbocycles. The Morgan fingerprint density at radius 3 is 3.00 bits per heavy atom. The Morgan fingerprint density at radius 1 is 1.33 bits per heavy atom. The van der Waals surface area contributed by atoms with E-state index in [2.05, 4.69) is 27.0 Å². The van der Waals surface area contributed by atoms with Crippen LogP contribution >= 0.6 is 11.8 Å². The number of para-hydroxylation sites is 1. The summed E-state index contributed by atoms with van der Waals surface area (Å²) < 4.78 is 7.62. The molecule has 136 valence electrons. The summed E-state index contributed by atoms with van der Waals surface area (Å²) in [4.78, 5) is 0. The van der Waals surface area contributed by atoms with Crippen molar-refractivity contribution in [3.05, 3.63) is 47.1 Å². The summed E-state index contributed by atoms with van der Waals surface area (Å²) in [7, 11) is 0. The Labute approximate surface area is 160 Å². The SMILES string of the molecule is CSc1nnc2n1NC1(Nc3ccccc3-2)C(C#N)=C(N)OC2=C1CCC2. The summed E-state index contributed by atoms with van der Waals surface area (Å²) in [5.41, 5.74) is 11.7. The number of allylic oxidation sites excluding steroid dienone is 1. The standard InChI is InChI=1S/C18H17N7OS/c1-27-17-23-22-16-10-5-2-3-7-13(10)21-18(24-25(16)17)11-6-4-8-14(11)26-15(20)12(18)9-19/h2-3,5,7,21,24H,4,6,8,20H2,1H3. The number of aromatic nitrogens is 3. The van der Waals surface area contributed by atoms with E-state index in [4.69, 9.17) is 10.5 Å². The Morgan fingerprint density at radius 2 is 2.19 bits per heavy atom. The number of nitrogens with two attached hydrogens (primary N) is 1. The number of nitriles is 1. The minimum absolute atomic E-state index is 0.123. The molecule has 1 spiro atoms. The van der Waals surface area contributed by atoms with E-state index in [1.165, 1.54) is 11.8 Å². The molecule has 0 amide bonds. The fourth-order valence-electron chi connectivity index (χ4n) is 4.01. The second kappa shape index (κ2) is 5.69. The third kappa shape index (κ3) is 2.10. The van der Waals surface area contributed by atoms with Crippen LogP contribution in [0.15, 0.2) is 52.2 Å². The van der Waals surface area contributed by atoms with E-state index in [0.29, 0.717) is 16.6 Å². The van der Waals surface area contributed by atoms with Gasteiger partial charge in [-0.2, -0.15) is 5.26 Å². The molecule has 0 saturated heterocycles. The van der Waals surface area contributed by atoms with E-state index in [1.54, 1.807) is 0 Å². The normalized spacial score (nSPS) is 22.8. The lowest BCUT2D eigenvalue weighted by atomic mass is 9.88. The predicted molar refractivity (Wildman–Crippen MR) is 102 cm³/mol. The van der Waals surface area contributed by atoms with Crippen LogP contribution in [0.1, 0.15) is 19.3 Å². The molecule has 1 aromatic heterocycles. The lowest BCUT2D eigenvalue weighted by molar-refractivity contribution is 0.266. The molecule has 8 nitrogen and oxygen atoms in total. The summed E-state index contributed by atoms with van der Waals surface area (Å²) >= 11 is 1.48. The first kappa shape index (κ1) is 16.1. The molecule has 1 unspecified atom stereocenters. The predicted octanol–water partition coefficient (Wildman–Crippen LogP) is 2.49. The average Bonchev–Trinajstić information content (AvgIpc) is 3.26. The van der Waals surface area contributed by atoms with Gasteiger partial charge in [-0.25, -0.2) is 4.68 Å². The molecule has 0 bridgehead atoms. The number of hydrogen-bond acceptors (Lipinski definition) is 8. The minimum atomic E-state index is -1.00. The lowest BCUT2D eigenvalue weighted by Gasteiger charge is -2.40. The molecule has 2 aromatic rings. The van der Waals surface area contributed by atoms with E-state index in [0.717, 1.165) is 41.8 Å². The maximum atomic E-state index is 9.95. The van der Waals surface area contributed by atoms with E-state index in [-0.39, 0.29) is 5.88 Å². The van der Waals surface area contributed by atoms with Gasteiger partial charge in [0.1, 0.15) is 17.4 Å². The van der Waals surface area contributed by atoms with Crippen LogP contribution in [0.2, 0.25) is 0 Å². The van der Waals surface area contributed by atoms with Crippen molar-refractivity contribution < 1.29 is 4.74 Å². The zero-order valence-electron chi connectivity index (χ0n) is 14.6. The Bertz CT molecular complexity index is 1060. The zero-order chi connectivity index (χ0) is 18.6. The highest BCUT2D eigenvalue weighted by Gasteiger charge is 2.50. The Hall–Kier alpha value is -3.12. The van der Waals surface area contributed by atoms with Crippen molar-refractivity contribution in [2.45, 2.75) is 30.1 Å². The van der Waals surface area contributed by atoms with Crippen molar-refractivity contribution >= 4 is 17.4 Å². The Kier molecular flexibility index (Phi) is 3.39. The van der Waals surface area contributed by atoms with E-state index < -0.39 is 5.66 Å². The summed E-state index contributed by atoms with van der Waals surface area (Å²) in [6.45, 7) is 0. The van der Waals surface area contributed by atoms with Crippen LogP contribution in [0.5, 0.6) is 0 Å². The van der Waals surface area contributed by atoms with E-state index >= 15 is 0 Å². The molecule has 27 heavy (non-hydrogen) atoms. The van der Waals surface area contributed by atoms with Gasteiger partial charge in [-0.3, -0.25) is 5.43 Å². The van der Waals surface area contributed by atoms with Crippen molar-refractivity contribution in [1.29, 1.82) is 5.26 Å². The number of anilines is 1. The van der Waals surface area contributed by atoms with Crippen molar-refractivity contribution in [2.75, 3.05) is 17.0 Å². The summed E-state index contributed by atoms with van der Waals surface area (Å²) in [6, 6.07) is 10.1. The van der Waals surface area contributed by atoms with Gasteiger partial charge in [0, 0.05) is 23.2 Å². The smallest absolute Gasteiger partial charge is 0.210 e. The highest BCUT2D eigenvalue weighted by Crippen LogP contribution is 2.47. The van der Waals surface area contributed by atoms with Gasteiger partial charge in [0.05, 0.1) is 0 Å². The highest BCUT2D eigenvalue weighted by molar-refractivity contribution is 7.98. The third-order valence-electron chi connectivity index (χ3n) is 5.17. The second-order valence-electron chi connectivity index (χ2n) is 6.59. The van der Waals surface area contributed by atoms with Crippen molar-refractivity contribution in [3.63, 3.8) is 0 Å². The summed E-state index contributed by atoms with van der Waals surface area (Å²) in [5, 5.41) is 22.9. The van der Waals surface area contributed by atoms with Gasteiger partial charge < -0.3 is 15.8 Å². The molecule has 5 rings (SSSR count). The topological polar surface area (TPSA) is 114 Å². The number of benzene rings is 1. The largest absolute Gasteiger partial charge is 0.445 e. The molecule has 9 heteroatoms. The highest BCUT2D eigenvalue weighted by atomic mass is 32.2. The van der Waals surface area contributed by atoms with Gasteiger partial charge in [-0.05, 0) is 31.2 Å². The number of thioether (sulfide) groups is 1. The number of nitrogens with one attached hydrogen (secondary N) is 2. The van der Waals surface area contributed by atoms with Crippen LogP contribution < -0.4 is 16.5 Å². The minimum Gasteiger partial charge on any atom is -0.445 e. The van der Waals surface area contributed by atoms with Gasteiger partial charge in [0.15, 0.2) is 11.5 Å². The molecule has 3 heterocycles. The molecule has 4 N–H and O–H groups in total. The first-order chi connectivity index (χ1) is 13.2. The van der Waals surface area contributed by atoms with Crippen LogP contribution in [0.25, 0.3) is 11.4 Å². The first-order valence-corrected chi connectivity index (χ1v) is 9.86. The molecular weight excluding hydrogens is 362 g/mol. The maximum Gasteiger partial charge on any atom is 0.210 e. The molecule has 2 aliphatic heterocycles. The van der Waals surface area contributed by atoms with Gasteiger partial charge in [-0.1, -0.05) is 23.9 Å². The first-order valence-electron chi connectivity index (χ1n) is 8.64. The van der Waals surface area contributed by atoms with Crippen molar-refractivity contribution in [1.82, 2.24) is 14.9 Å². The lowest BCUT2D eigenvalue weighted by Crippen LogP contribution is -2.54. The van der Waals surface area contributed by atoms with Crippen LogP contribution in [-0.4, -0.2) is 26.8 Å². The monoisotopic (exact) mass is 379 g/mol. The fourth-order valence-corrected chi connectivity index (χ4v) is 4.44. The van der Waals surface area contributed by atoms with Gasteiger partial charge in [0.25, 0.3) is 0 Å². The summed E-state index contributed by atoms with van der Waals surface area (Å²) in [5.74, 6) is 1.63. The van der Waals surface area contributed by atoms with Gasteiger partial charge in [-0.15, -0.1) is 10.2 Å². The maximum absolute atomic E-state index is 9.95. The average molecular weight is 379 g/mol. The molecule has 1 atom stereocenters. The third-order valence-corrected chi connectivity index (χ3v) is 5.80. The second-order valence-corrected chi connectivity index (χ2v) is 7.36. The zero-order valence-corrected chi connectivity index (χ0v) is 15.4. The van der Waals surface area contributed by atoms with Gasteiger partial charge >= 0.3 is 0 Å². The molecular formula is C18H17N7OS. The molecule has 0 fully saturated rings. The van der Waals surface area contributed by atoms with E-state index in [1.807, 2.05) is 35.2 Å². The molecule has 1 aromatic carbocycles. The Balaban J connectivity index is 1.83. The van der Waals surface area contributed by atoms with Gasteiger partial charge in [0.2, 0.25) is 11.0 Å². The number of nitrogens with zero attached hydrogens (tertiary/aromatic N) is 4. The quantitative estimate of drug-likeness (QED) is 0.648. The molecule has 1 aliphatic carbocycles. The van der Waals surface area contributed by atoms with Crippen LogP contribution in [0, 0.1) is 11.3 Å². The molecule has 0 radical (unpaired) electrons. The summed E-state index contributed by atoms with van der Waals surface area (Å²) in [6.07, 6.45) is 4.50. The number of ether oxygens (including phenoxy) is 1. The van der Waals surface area contributed by atoms with E-state index in [9.17, 15) is 5.26 Å². The number of fused-ring (bicyclic) bond motifs is 4. The number of rotatable bonds is 1. The number of hydrogen-bond donors (Lipinski definition) is 3. The van der Waals surface area contributed by atoms with Crippen molar-refractivity contribution in [3.8, 4) is 17.5 Å². The fraction of sp³-hybridized carbons (Fsp3) is 0.278.